The first-order valence-electron chi connectivity index (χ1n) is 8.16. The van der Waals surface area contributed by atoms with Crippen LogP contribution in [0.3, 0.4) is 0 Å². The van der Waals surface area contributed by atoms with Crippen LogP contribution in [0.25, 0.3) is 0 Å². The number of ether oxygens (including phenoxy) is 2. The smallest absolute Gasteiger partial charge is 0.200 e. The van der Waals surface area contributed by atoms with E-state index in [1.165, 1.54) is 0 Å². The van der Waals surface area contributed by atoms with Crippen LogP contribution in [0.1, 0.15) is 22.3 Å². The van der Waals surface area contributed by atoms with Crippen molar-refractivity contribution in [3.8, 4) is 11.5 Å². The van der Waals surface area contributed by atoms with Crippen LogP contribution in [-0.2, 0) is 16.0 Å². The number of ketones is 2. The van der Waals surface area contributed by atoms with E-state index in [1.54, 1.807) is 43.5 Å². The van der Waals surface area contributed by atoms with Crippen molar-refractivity contribution in [2.24, 2.45) is 0 Å². The molecule has 3 rings (SSSR count). The van der Waals surface area contributed by atoms with Crippen molar-refractivity contribution in [1.29, 1.82) is 0 Å². The highest BCUT2D eigenvalue weighted by Gasteiger charge is 2.31. The summed E-state index contributed by atoms with van der Waals surface area (Å²) in [7, 11) is 1.57. The zero-order valence-corrected chi connectivity index (χ0v) is 15.1. The summed E-state index contributed by atoms with van der Waals surface area (Å²) in [4.78, 5) is 35.1. The Labute approximate surface area is 155 Å². The highest BCUT2D eigenvalue weighted by atomic mass is 32.2. The zero-order valence-electron chi connectivity index (χ0n) is 14.3. The fourth-order valence-electron chi connectivity index (χ4n) is 2.62. The molecular formula is C20H18O5S. The van der Waals surface area contributed by atoms with Gasteiger partial charge in [0.2, 0.25) is 0 Å². The van der Waals surface area contributed by atoms with Crippen molar-refractivity contribution >= 4 is 28.4 Å². The van der Waals surface area contributed by atoms with E-state index >= 15 is 0 Å². The normalized spacial score (nSPS) is 16.6. The van der Waals surface area contributed by atoms with E-state index in [0.717, 1.165) is 17.3 Å². The van der Waals surface area contributed by atoms with Crippen molar-refractivity contribution in [2.45, 2.75) is 18.1 Å². The van der Waals surface area contributed by atoms with E-state index in [-0.39, 0.29) is 35.0 Å². The van der Waals surface area contributed by atoms with Gasteiger partial charge in [0, 0.05) is 5.56 Å². The summed E-state index contributed by atoms with van der Waals surface area (Å²) < 4.78 is 10.6. The van der Waals surface area contributed by atoms with Gasteiger partial charge in [-0.3, -0.25) is 14.4 Å². The first-order valence-corrected chi connectivity index (χ1v) is 9.04. The molecule has 1 saturated heterocycles. The number of rotatable bonds is 7. The minimum absolute atomic E-state index is 0.00888. The molecule has 0 aromatic heterocycles. The Morgan fingerprint density at radius 1 is 1.04 bits per heavy atom. The number of carbonyl (C=O) groups is 3. The van der Waals surface area contributed by atoms with E-state index in [1.807, 2.05) is 12.1 Å². The number of hydrogen-bond acceptors (Lipinski definition) is 6. The maximum Gasteiger partial charge on any atom is 0.200 e. The van der Waals surface area contributed by atoms with Crippen molar-refractivity contribution in [3.63, 3.8) is 0 Å². The molecule has 134 valence electrons. The third kappa shape index (κ3) is 4.52. The second-order valence-electron chi connectivity index (χ2n) is 5.91. The van der Waals surface area contributed by atoms with Crippen LogP contribution in [0, 0.1) is 0 Å². The molecule has 0 aliphatic carbocycles. The molecule has 1 aliphatic heterocycles. The Morgan fingerprint density at radius 3 is 2.27 bits per heavy atom. The molecular weight excluding hydrogens is 352 g/mol. The van der Waals surface area contributed by atoms with Gasteiger partial charge in [0.15, 0.2) is 23.3 Å². The predicted molar refractivity (Wildman–Crippen MR) is 99.0 cm³/mol. The lowest BCUT2D eigenvalue weighted by molar-refractivity contribution is -0.121. The molecule has 1 heterocycles. The molecule has 1 atom stereocenters. The van der Waals surface area contributed by atoms with E-state index in [9.17, 15) is 14.4 Å². The lowest BCUT2D eigenvalue weighted by Gasteiger charge is -2.09. The molecule has 0 N–H and O–H groups in total. The first kappa shape index (κ1) is 18.2. The topological polar surface area (TPSA) is 69.7 Å². The number of hydrogen-bond donors (Lipinski definition) is 0. The Kier molecular flexibility index (Phi) is 5.73. The molecule has 0 bridgehead atoms. The standard InChI is InChI=1S/C20H18O5S/c1-24-15-8-4-14(5-9-15)18(22)12-25-16-6-2-13(3-7-16)10-19-17(21)11-20(23)26-19/h2-9,19H,10-12H2,1H3. The van der Waals surface area contributed by atoms with Gasteiger partial charge in [-0.05, 0) is 48.4 Å². The summed E-state index contributed by atoms with van der Waals surface area (Å²) in [6, 6.07) is 14.1. The van der Waals surface area contributed by atoms with Gasteiger partial charge in [-0.2, -0.15) is 0 Å². The molecule has 26 heavy (non-hydrogen) atoms. The van der Waals surface area contributed by atoms with Crippen LogP contribution in [-0.4, -0.2) is 35.6 Å². The van der Waals surface area contributed by atoms with Crippen LogP contribution in [0.5, 0.6) is 11.5 Å². The monoisotopic (exact) mass is 370 g/mol. The first-order chi connectivity index (χ1) is 12.5. The van der Waals surface area contributed by atoms with E-state index in [0.29, 0.717) is 23.5 Å². The number of Topliss-reactive ketones (excluding diaryl/α,β-unsaturated/α-hetero) is 2. The SMILES string of the molecule is COc1ccc(C(=O)COc2ccc(CC3SC(=O)CC3=O)cc2)cc1. The quantitative estimate of drug-likeness (QED) is 0.551. The fraction of sp³-hybridized carbons (Fsp3) is 0.250. The Balaban J connectivity index is 1.53. The second kappa shape index (κ2) is 8.19. The van der Waals surface area contributed by atoms with Gasteiger partial charge in [-0.1, -0.05) is 23.9 Å². The third-order valence-corrected chi connectivity index (χ3v) is 5.20. The Hall–Kier alpha value is -2.60. The minimum Gasteiger partial charge on any atom is -0.497 e. The molecule has 5 nitrogen and oxygen atoms in total. The molecule has 1 unspecified atom stereocenters. The maximum atomic E-state index is 12.1. The lowest BCUT2D eigenvalue weighted by atomic mass is 10.1. The van der Waals surface area contributed by atoms with E-state index in [2.05, 4.69) is 0 Å². The molecule has 0 spiro atoms. The molecule has 2 aromatic rings. The lowest BCUT2D eigenvalue weighted by Crippen LogP contribution is -2.13. The predicted octanol–water partition coefficient (Wildman–Crippen LogP) is 3.10. The van der Waals surface area contributed by atoms with Crippen LogP contribution in [0.2, 0.25) is 0 Å². The van der Waals surface area contributed by atoms with Gasteiger partial charge >= 0.3 is 0 Å². The molecule has 6 heteroatoms. The van der Waals surface area contributed by atoms with Crippen molar-refractivity contribution in [3.05, 3.63) is 59.7 Å². The van der Waals surface area contributed by atoms with Gasteiger partial charge < -0.3 is 9.47 Å². The molecule has 1 aliphatic rings. The van der Waals surface area contributed by atoms with Crippen LogP contribution >= 0.6 is 11.8 Å². The van der Waals surface area contributed by atoms with Gasteiger partial charge in [-0.15, -0.1) is 0 Å². The van der Waals surface area contributed by atoms with Crippen molar-refractivity contribution in [2.75, 3.05) is 13.7 Å². The molecule has 2 aromatic carbocycles. The second-order valence-corrected chi connectivity index (χ2v) is 7.17. The highest BCUT2D eigenvalue weighted by molar-refractivity contribution is 8.15. The zero-order chi connectivity index (χ0) is 18.5. The fourth-order valence-corrected chi connectivity index (χ4v) is 3.66. The summed E-state index contributed by atoms with van der Waals surface area (Å²) in [5.74, 6) is 1.14. The molecule has 0 saturated carbocycles. The van der Waals surface area contributed by atoms with Crippen molar-refractivity contribution < 1.29 is 23.9 Å². The van der Waals surface area contributed by atoms with Crippen LogP contribution < -0.4 is 9.47 Å². The third-order valence-electron chi connectivity index (χ3n) is 4.08. The summed E-state index contributed by atoms with van der Waals surface area (Å²) in [6.07, 6.45) is 0.560. The average molecular weight is 370 g/mol. The van der Waals surface area contributed by atoms with Gasteiger partial charge in [0.1, 0.15) is 11.5 Å². The number of methoxy groups -OCH3 is 1. The molecule has 0 radical (unpaired) electrons. The van der Waals surface area contributed by atoms with Crippen LogP contribution in [0.4, 0.5) is 0 Å². The molecule has 1 fully saturated rings. The molecule has 0 amide bonds. The summed E-state index contributed by atoms with van der Waals surface area (Å²) in [5.41, 5.74) is 1.52. The van der Waals surface area contributed by atoms with Crippen molar-refractivity contribution in [1.82, 2.24) is 0 Å². The Morgan fingerprint density at radius 2 is 1.69 bits per heavy atom. The number of carbonyl (C=O) groups excluding carboxylic acids is 3. The van der Waals surface area contributed by atoms with Gasteiger partial charge in [-0.25, -0.2) is 0 Å². The maximum absolute atomic E-state index is 12.1. The summed E-state index contributed by atoms with van der Waals surface area (Å²) >= 11 is 1.11. The van der Waals surface area contributed by atoms with Gasteiger partial charge in [0.05, 0.1) is 18.8 Å². The summed E-state index contributed by atoms with van der Waals surface area (Å²) in [6.45, 7) is -0.0584. The minimum atomic E-state index is -0.286. The van der Waals surface area contributed by atoms with E-state index in [4.69, 9.17) is 9.47 Å². The van der Waals surface area contributed by atoms with Crippen LogP contribution in [0.15, 0.2) is 48.5 Å². The number of benzene rings is 2. The van der Waals surface area contributed by atoms with E-state index < -0.39 is 0 Å². The average Bonchev–Trinajstić information content (AvgIpc) is 2.98. The summed E-state index contributed by atoms with van der Waals surface area (Å²) in [5, 5.41) is -0.345. The highest BCUT2D eigenvalue weighted by Crippen LogP contribution is 2.28. The Bertz CT molecular complexity index is 811. The van der Waals surface area contributed by atoms with Gasteiger partial charge in [0.25, 0.3) is 0 Å². The largest absolute Gasteiger partial charge is 0.497 e. The number of thioether (sulfide) groups is 1.